The van der Waals surface area contributed by atoms with Crippen LogP contribution in [0.5, 0.6) is 5.75 Å². The maximum absolute atomic E-state index is 11.2. The SMILES string of the molecule is Cc1ncccc1OCc1c(Br)cccc1C(=O)O. The second kappa shape index (κ2) is 5.84. The van der Waals surface area contributed by atoms with Gasteiger partial charge in [0.15, 0.2) is 0 Å². The molecule has 4 nitrogen and oxygen atoms in total. The third-order valence-corrected chi connectivity index (χ3v) is 3.42. The Morgan fingerprint density at radius 3 is 2.84 bits per heavy atom. The van der Waals surface area contributed by atoms with E-state index in [0.717, 1.165) is 5.69 Å². The van der Waals surface area contributed by atoms with E-state index in [0.29, 0.717) is 15.8 Å². The summed E-state index contributed by atoms with van der Waals surface area (Å²) < 4.78 is 6.36. The number of carbonyl (C=O) groups is 1. The van der Waals surface area contributed by atoms with Crippen LogP contribution in [-0.2, 0) is 6.61 Å². The first-order valence-electron chi connectivity index (χ1n) is 5.64. The first kappa shape index (κ1) is 13.5. The normalized spacial score (nSPS) is 10.2. The Morgan fingerprint density at radius 2 is 2.16 bits per heavy atom. The molecule has 0 aliphatic rings. The molecule has 0 aliphatic heterocycles. The van der Waals surface area contributed by atoms with E-state index in [1.807, 2.05) is 6.92 Å². The van der Waals surface area contributed by atoms with E-state index in [1.54, 1.807) is 36.5 Å². The first-order chi connectivity index (χ1) is 9.09. The highest BCUT2D eigenvalue weighted by atomic mass is 79.9. The molecule has 1 heterocycles. The molecule has 0 bridgehead atoms. The van der Waals surface area contributed by atoms with Crippen LogP contribution in [0.2, 0.25) is 0 Å². The molecule has 1 aromatic heterocycles. The lowest BCUT2D eigenvalue weighted by Crippen LogP contribution is -2.07. The topological polar surface area (TPSA) is 59.4 Å². The fourth-order valence-electron chi connectivity index (χ4n) is 1.68. The Hall–Kier alpha value is -1.88. The van der Waals surface area contributed by atoms with Crippen molar-refractivity contribution >= 4 is 21.9 Å². The maximum Gasteiger partial charge on any atom is 0.336 e. The zero-order valence-electron chi connectivity index (χ0n) is 10.3. The van der Waals surface area contributed by atoms with E-state index in [9.17, 15) is 4.79 Å². The number of halogens is 1. The van der Waals surface area contributed by atoms with Gasteiger partial charge < -0.3 is 9.84 Å². The average molecular weight is 322 g/mol. The largest absolute Gasteiger partial charge is 0.487 e. The number of aromatic carboxylic acids is 1. The summed E-state index contributed by atoms with van der Waals surface area (Å²) in [6.07, 6.45) is 1.68. The van der Waals surface area contributed by atoms with Crippen molar-refractivity contribution in [3.8, 4) is 5.75 Å². The van der Waals surface area contributed by atoms with Crippen LogP contribution >= 0.6 is 15.9 Å². The minimum Gasteiger partial charge on any atom is -0.487 e. The molecule has 0 spiro atoms. The number of hydrogen-bond donors (Lipinski definition) is 1. The molecule has 5 heteroatoms. The minimum absolute atomic E-state index is 0.176. The molecular weight excluding hydrogens is 310 g/mol. The number of nitrogens with zero attached hydrogens (tertiary/aromatic N) is 1. The molecule has 0 fully saturated rings. The Kier molecular flexibility index (Phi) is 4.16. The van der Waals surface area contributed by atoms with E-state index in [-0.39, 0.29) is 12.2 Å². The van der Waals surface area contributed by atoms with E-state index >= 15 is 0 Å². The zero-order chi connectivity index (χ0) is 13.8. The summed E-state index contributed by atoms with van der Waals surface area (Å²) >= 11 is 3.35. The lowest BCUT2D eigenvalue weighted by atomic mass is 10.1. The van der Waals surface area contributed by atoms with Crippen molar-refractivity contribution in [3.05, 3.63) is 57.8 Å². The van der Waals surface area contributed by atoms with Gasteiger partial charge in [-0.25, -0.2) is 4.79 Å². The summed E-state index contributed by atoms with van der Waals surface area (Å²) in [6.45, 7) is 2.02. The number of carboxylic acids is 1. The highest BCUT2D eigenvalue weighted by Crippen LogP contribution is 2.23. The fraction of sp³-hybridized carbons (Fsp3) is 0.143. The lowest BCUT2D eigenvalue weighted by Gasteiger charge is -2.11. The van der Waals surface area contributed by atoms with Gasteiger partial charge in [-0.2, -0.15) is 0 Å². The molecule has 2 aromatic rings. The van der Waals surface area contributed by atoms with Gasteiger partial charge in [0.2, 0.25) is 0 Å². The number of benzene rings is 1. The van der Waals surface area contributed by atoms with Crippen LogP contribution in [0.4, 0.5) is 0 Å². The molecule has 0 radical (unpaired) electrons. The highest BCUT2D eigenvalue weighted by molar-refractivity contribution is 9.10. The van der Waals surface area contributed by atoms with Crippen molar-refractivity contribution < 1.29 is 14.6 Å². The second-order valence-corrected chi connectivity index (χ2v) is 4.80. The predicted octanol–water partition coefficient (Wildman–Crippen LogP) is 3.43. The standard InChI is InChI=1S/C14H12BrNO3/c1-9-13(6-3-7-16-9)19-8-11-10(14(17)18)4-2-5-12(11)15/h2-7H,8H2,1H3,(H,17,18). The van der Waals surface area contributed by atoms with Crippen LogP contribution < -0.4 is 4.74 Å². The summed E-state index contributed by atoms with van der Waals surface area (Å²) in [6, 6.07) is 8.62. The first-order valence-corrected chi connectivity index (χ1v) is 6.44. The Morgan fingerprint density at radius 1 is 1.37 bits per heavy atom. The Bertz CT molecular complexity index is 613. The molecule has 98 valence electrons. The fourth-order valence-corrected chi connectivity index (χ4v) is 2.16. The third-order valence-electron chi connectivity index (χ3n) is 2.68. The quantitative estimate of drug-likeness (QED) is 0.937. The van der Waals surface area contributed by atoms with Crippen LogP contribution in [-0.4, -0.2) is 16.1 Å². The van der Waals surface area contributed by atoms with E-state index in [4.69, 9.17) is 9.84 Å². The van der Waals surface area contributed by atoms with Crippen LogP contribution in [0.1, 0.15) is 21.6 Å². The number of hydrogen-bond acceptors (Lipinski definition) is 3. The summed E-state index contributed by atoms with van der Waals surface area (Å²) in [5.74, 6) is -0.322. The molecule has 1 N–H and O–H groups in total. The van der Waals surface area contributed by atoms with Crippen molar-refractivity contribution in [2.24, 2.45) is 0 Å². The van der Waals surface area contributed by atoms with Crippen molar-refractivity contribution in [1.82, 2.24) is 4.98 Å². The molecule has 19 heavy (non-hydrogen) atoms. The number of ether oxygens (including phenoxy) is 1. The summed E-state index contributed by atoms with van der Waals surface area (Å²) in [5.41, 5.74) is 1.61. The number of carboxylic acid groups (broad SMARTS) is 1. The Labute approximate surface area is 119 Å². The van der Waals surface area contributed by atoms with Crippen molar-refractivity contribution in [2.45, 2.75) is 13.5 Å². The van der Waals surface area contributed by atoms with Gasteiger partial charge in [-0.3, -0.25) is 4.98 Å². The van der Waals surface area contributed by atoms with Gasteiger partial charge in [-0.1, -0.05) is 22.0 Å². The lowest BCUT2D eigenvalue weighted by molar-refractivity contribution is 0.0694. The molecular formula is C14H12BrNO3. The van der Waals surface area contributed by atoms with Gasteiger partial charge in [0.1, 0.15) is 12.4 Å². The third kappa shape index (κ3) is 3.12. The average Bonchev–Trinajstić information content (AvgIpc) is 2.38. The number of aryl methyl sites for hydroxylation is 1. The number of rotatable bonds is 4. The number of pyridine rings is 1. The van der Waals surface area contributed by atoms with Crippen molar-refractivity contribution in [2.75, 3.05) is 0 Å². The summed E-state index contributed by atoms with van der Waals surface area (Å²) in [5, 5.41) is 9.15. The highest BCUT2D eigenvalue weighted by Gasteiger charge is 2.13. The monoisotopic (exact) mass is 321 g/mol. The molecule has 0 unspecified atom stereocenters. The van der Waals surface area contributed by atoms with Gasteiger partial charge in [-0.15, -0.1) is 0 Å². The van der Waals surface area contributed by atoms with Gasteiger partial charge in [0.25, 0.3) is 0 Å². The summed E-state index contributed by atoms with van der Waals surface area (Å²) in [4.78, 5) is 15.3. The van der Waals surface area contributed by atoms with Gasteiger partial charge in [0, 0.05) is 16.2 Å². The number of aromatic nitrogens is 1. The smallest absolute Gasteiger partial charge is 0.336 e. The zero-order valence-corrected chi connectivity index (χ0v) is 11.8. The minimum atomic E-state index is -0.970. The van der Waals surface area contributed by atoms with Crippen LogP contribution in [0.15, 0.2) is 41.0 Å². The predicted molar refractivity (Wildman–Crippen MR) is 74.4 cm³/mol. The Balaban J connectivity index is 2.25. The van der Waals surface area contributed by atoms with Gasteiger partial charge >= 0.3 is 5.97 Å². The van der Waals surface area contributed by atoms with Crippen molar-refractivity contribution in [1.29, 1.82) is 0 Å². The van der Waals surface area contributed by atoms with E-state index in [1.165, 1.54) is 0 Å². The summed E-state index contributed by atoms with van der Waals surface area (Å²) in [7, 11) is 0. The van der Waals surface area contributed by atoms with Crippen LogP contribution in [0.3, 0.4) is 0 Å². The molecule has 2 rings (SSSR count). The molecule has 0 saturated heterocycles. The molecule has 0 atom stereocenters. The van der Waals surface area contributed by atoms with Crippen LogP contribution in [0.25, 0.3) is 0 Å². The van der Waals surface area contributed by atoms with E-state index < -0.39 is 5.97 Å². The van der Waals surface area contributed by atoms with E-state index in [2.05, 4.69) is 20.9 Å². The molecule has 1 aromatic carbocycles. The van der Waals surface area contributed by atoms with Gasteiger partial charge in [-0.05, 0) is 31.2 Å². The second-order valence-electron chi connectivity index (χ2n) is 3.95. The molecule has 0 saturated carbocycles. The maximum atomic E-state index is 11.2. The van der Waals surface area contributed by atoms with Gasteiger partial charge in [0.05, 0.1) is 11.3 Å². The molecule has 0 amide bonds. The molecule has 0 aliphatic carbocycles. The van der Waals surface area contributed by atoms with Crippen LogP contribution in [0, 0.1) is 6.92 Å². The van der Waals surface area contributed by atoms with Crippen molar-refractivity contribution in [3.63, 3.8) is 0 Å².